The van der Waals surface area contributed by atoms with Gasteiger partial charge in [-0.1, -0.05) is 0 Å². The quantitative estimate of drug-likeness (QED) is 0.664. The van der Waals surface area contributed by atoms with Gasteiger partial charge in [0.25, 0.3) is 0 Å². The van der Waals surface area contributed by atoms with Crippen LogP contribution in [0, 0.1) is 0 Å². The van der Waals surface area contributed by atoms with Crippen molar-refractivity contribution in [3.8, 4) is 0 Å². The van der Waals surface area contributed by atoms with Crippen molar-refractivity contribution in [2.45, 2.75) is 4.90 Å². The highest BCUT2D eigenvalue weighted by molar-refractivity contribution is 7.91. The lowest BCUT2D eigenvalue weighted by Gasteiger charge is -1.91. The fourth-order valence-corrected chi connectivity index (χ4v) is 1.12. The number of aliphatic hydroxyl groups excluding tert-OH is 1. The molecule has 0 fully saturated rings. The minimum Gasteiger partial charge on any atom is -0.471 e. The molecule has 1 heterocycles. The zero-order chi connectivity index (χ0) is 7.61. The molecule has 0 spiro atoms. The van der Waals surface area contributed by atoms with Gasteiger partial charge in [0.15, 0.2) is 0 Å². The van der Waals surface area contributed by atoms with Crippen LogP contribution in [0.4, 0.5) is 0 Å². The van der Waals surface area contributed by atoms with Crippen LogP contribution < -0.4 is 0 Å². The maximum atomic E-state index is 10.8. The molecule has 0 aliphatic carbocycles. The van der Waals surface area contributed by atoms with Crippen molar-refractivity contribution in [1.82, 2.24) is 0 Å². The van der Waals surface area contributed by atoms with Crippen LogP contribution in [0.3, 0.4) is 0 Å². The standard InChI is InChI=1S/C5H6O4S/c6-4-10(7,8)5-1-2-9-3-5/h1-3,6H,4H2. The predicted molar refractivity (Wildman–Crippen MR) is 33.0 cm³/mol. The Morgan fingerprint density at radius 2 is 2.30 bits per heavy atom. The first-order valence-corrected chi connectivity index (χ1v) is 4.18. The monoisotopic (exact) mass is 162 g/mol. The Morgan fingerprint density at radius 1 is 1.60 bits per heavy atom. The Kier molecular flexibility index (Phi) is 1.78. The van der Waals surface area contributed by atoms with Crippen molar-refractivity contribution in [2.75, 3.05) is 5.94 Å². The van der Waals surface area contributed by atoms with E-state index in [1.54, 1.807) is 0 Å². The summed E-state index contributed by atoms with van der Waals surface area (Å²) in [5.74, 6) is -0.882. The Bertz CT molecular complexity index is 283. The molecule has 56 valence electrons. The summed E-state index contributed by atoms with van der Waals surface area (Å²) in [6, 6.07) is 1.28. The molecule has 1 aromatic heterocycles. The van der Waals surface area contributed by atoms with Gasteiger partial charge in [0, 0.05) is 0 Å². The van der Waals surface area contributed by atoms with Crippen molar-refractivity contribution >= 4 is 9.84 Å². The molecule has 0 aromatic carbocycles. The highest BCUT2D eigenvalue weighted by Gasteiger charge is 2.12. The van der Waals surface area contributed by atoms with Crippen molar-refractivity contribution in [2.24, 2.45) is 0 Å². The number of furan rings is 1. The molecule has 0 radical (unpaired) electrons. The van der Waals surface area contributed by atoms with Gasteiger partial charge in [0.2, 0.25) is 9.84 Å². The summed E-state index contributed by atoms with van der Waals surface area (Å²) in [5.41, 5.74) is 0. The van der Waals surface area contributed by atoms with E-state index in [-0.39, 0.29) is 4.90 Å². The van der Waals surface area contributed by atoms with E-state index in [1.807, 2.05) is 0 Å². The second-order valence-corrected chi connectivity index (χ2v) is 3.66. The van der Waals surface area contributed by atoms with Crippen molar-refractivity contribution in [1.29, 1.82) is 0 Å². The zero-order valence-corrected chi connectivity index (χ0v) is 5.84. The third kappa shape index (κ3) is 1.19. The fourth-order valence-electron chi connectivity index (χ4n) is 0.503. The second kappa shape index (κ2) is 2.43. The van der Waals surface area contributed by atoms with E-state index in [1.165, 1.54) is 12.3 Å². The Hall–Kier alpha value is -0.810. The Labute approximate surface area is 58.0 Å². The third-order valence-corrected chi connectivity index (χ3v) is 2.31. The molecule has 5 heteroatoms. The molecule has 0 saturated heterocycles. The summed E-state index contributed by atoms with van der Waals surface area (Å²) in [5, 5.41) is 8.34. The van der Waals surface area contributed by atoms with Gasteiger partial charge in [-0.15, -0.1) is 0 Å². The lowest BCUT2D eigenvalue weighted by molar-refractivity contribution is 0.358. The van der Waals surface area contributed by atoms with Gasteiger partial charge in [-0.05, 0) is 6.07 Å². The Morgan fingerprint density at radius 3 is 2.70 bits per heavy atom. The molecule has 0 atom stereocenters. The van der Waals surface area contributed by atoms with Gasteiger partial charge in [-0.2, -0.15) is 0 Å². The van der Waals surface area contributed by atoms with Crippen molar-refractivity contribution in [3.05, 3.63) is 18.6 Å². The average Bonchev–Trinajstić information content (AvgIpc) is 2.38. The van der Waals surface area contributed by atoms with Crippen LogP contribution in [0.5, 0.6) is 0 Å². The van der Waals surface area contributed by atoms with E-state index in [0.29, 0.717) is 0 Å². The van der Waals surface area contributed by atoms with Crippen LogP contribution in [-0.2, 0) is 9.84 Å². The van der Waals surface area contributed by atoms with Gasteiger partial charge in [-0.3, -0.25) is 0 Å². The van der Waals surface area contributed by atoms with Crippen molar-refractivity contribution < 1.29 is 17.9 Å². The van der Waals surface area contributed by atoms with Gasteiger partial charge in [-0.25, -0.2) is 8.42 Å². The van der Waals surface area contributed by atoms with Crippen LogP contribution in [0.15, 0.2) is 27.9 Å². The highest BCUT2D eigenvalue weighted by Crippen LogP contribution is 2.09. The largest absolute Gasteiger partial charge is 0.471 e. The molecule has 0 bridgehead atoms. The lowest BCUT2D eigenvalue weighted by atomic mass is 10.7. The molecule has 1 N–H and O–H groups in total. The molecule has 0 saturated carbocycles. The van der Waals surface area contributed by atoms with Crippen LogP contribution >= 0.6 is 0 Å². The summed E-state index contributed by atoms with van der Waals surface area (Å²) in [6.07, 6.45) is 2.31. The topological polar surface area (TPSA) is 67.5 Å². The number of rotatable bonds is 2. The van der Waals surface area contributed by atoms with Gasteiger partial charge >= 0.3 is 0 Å². The van der Waals surface area contributed by atoms with Gasteiger partial charge < -0.3 is 9.52 Å². The second-order valence-electron chi connectivity index (χ2n) is 1.70. The maximum absolute atomic E-state index is 10.8. The maximum Gasteiger partial charge on any atom is 0.205 e. The molecule has 4 nitrogen and oxygen atoms in total. The number of aliphatic hydroxyl groups is 1. The molecule has 0 unspecified atom stereocenters. The molecule has 1 aromatic rings. The fraction of sp³-hybridized carbons (Fsp3) is 0.200. The SMILES string of the molecule is O=S(=O)(CO)c1ccoc1. The predicted octanol–water partition coefficient (Wildman–Crippen LogP) is 0.00310. The molecular formula is C5H6O4S. The van der Waals surface area contributed by atoms with E-state index in [9.17, 15) is 8.42 Å². The summed E-state index contributed by atoms with van der Waals surface area (Å²) < 4.78 is 26.0. The van der Waals surface area contributed by atoms with E-state index in [2.05, 4.69) is 4.42 Å². The first kappa shape index (κ1) is 7.30. The smallest absolute Gasteiger partial charge is 0.205 e. The molecule has 10 heavy (non-hydrogen) atoms. The van der Waals surface area contributed by atoms with Crippen LogP contribution in [0.1, 0.15) is 0 Å². The Balaban J connectivity index is 3.09. The minimum atomic E-state index is -3.49. The molecule has 0 aliphatic rings. The molecule has 1 rings (SSSR count). The summed E-state index contributed by atoms with van der Waals surface area (Å²) in [4.78, 5) is 0.00926. The van der Waals surface area contributed by atoms with Crippen LogP contribution in [-0.4, -0.2) is 19.5 Å². The molecule has 0 aliphatic heterocycles. The zero-order valence-electron chi connectivity index (χ0n) is 5.02. The molecular weight excluding hydrogens is 156 g/mol. The first-order valence-electron chi connectivity index (χ1n) is 2.52. The number of hydrogen-bond donors (Lipinski definition) is 1. The first-order chi connectivity index (χ1) is 4.67. The number of hydrogen-bond acceptors (Lipinski definition) is 4. The van der Waals surface area contributed by atoms with Gasteiger partial charge in [0.1, 0.15) is 17.1 Å². The summed E-state index contributed by atoms with van der Waals surface area (Å²) in [7, 11) is -3.49. The van der Waals surface area contributed by atoms with Crippen LogP contribution in [0.2, 0.25) is 0 Å². The van der Waals surface area contributed by atoms with Crippen LogP contribution in [0.25, 0.3) is 0 Å². The molecule has 0 amide bonds. The minimum absolute atomic E-state index is 0.00926. The summed E-state index contributed by atoms with van der Waals surface area (Å²) >= 11 is 0. The van der Waals surface area contributed by atoms with Crippen molar-refractivity contribution in [3.63, 3.8) is 0 Å². The average molecular weight is 162 g/mol. The number of sulfone groups is 1. The highest BCUT2D eigenvalue weighted by atomic mass is 32.2. The van der Waals surface area contributed by atoms with E-state index < -0.39 is 15.8 Å². The van der Waals surface area contributed by atoms with E-state index >= 15 is 0 Å². The van der Waals surface area contributed by atoms with Gasteiger partial charge in [0.05, 0.1) is 6.26 Å². The third-order valence-electron chi connectivity index (χ3n) is 1.02. The normalized spacial score (nSPS) is 11.7. The lowest BCUT2D eigenvalue weighted by Crippen LogP contribution is -2.03. The summed E-state index contributed by atoms with van der Waals surface area (Å²) in [6.45, 7) is 0. The van der Waals surface area contributed by atoms with E-state index in [0.717, 1.165) is 6.26 Å². The van der Waals surface area contributed by atoms with E-state index in [4.69, 9.17) is 5.11 Å².